The number of nitrogens with zero attached hydrogens (tertiary/aromatic N) is 2. The first-order valence-electron chi connectivity index (χ1n) is 8.56. The van der Waals surface area contributed by atoms with Gasteiger partial charge >= 0.3 is 0 Å². The molecule has 0 aliphatic carbocycles. The lowest BCUT2D eigenvalue weighted by Crippen LogP contribution is -2.25. The van der Waals surface area contributed by atoms with Crippen molar-refractivity contribution in [3.05, 3.63) is 65.3 Å². The molecule has 1 aliphatic heterocycles. The molecule has 6 nitrogen and oxygen atoms in total. The predicted molar refractivity (Wildman–Crippen MR) is 108 cm³/mol. The van der Waals surface area contributed by atoms with Crippen LogP contribution in [0.3, 0.4) is 0 Å². The van der Waals surface area contributed by atoms with E-state index in [1.807, 2.05) is 0 Å². The maximum Gasteiger partial charge on any atom is 0.257 e. The van der Waals surface area contributed by atoms with Gasteiger partial charge in [-0.3, -0.25) is 14.4 Å². The van der Waals surface area contributed by atoms with Gasteiger partial charge in [-0.2, -0.15) is 0 Å². The van der Waals surface area contributed by atoms with E-state index in [9.17, 15) is 17.6 Å². The van der Waals surface area contributed by atoms with Gasteiger partial charge in [0, 0.05) is 23.1 Å². The van der Waals surface area contributed by atoms with E-state index in [4.69, 9.17) is 0 Å². The summed E-state index contributed by atoms with van der Waals surface area (Å²) in [5.41, 5.74) is 2.00. The van der Waals surface area contributed by atoms with E-state index in [1.165, 1.54) is 27.8 Å². The van der Waals surface area contributed by atoms with Gasteiger partial charge in [0.05, 0.1) is 17.1 Å². The molecule has 144 valence electrons. The molecule has 2 aromatic carbocycles. The number of rotatable bonds is 4. The summed E-state index contributed by atoms with van der Waals surface area (Å²) in [6.07, 6.45) is 0.570. The molecule has 1 amide bonds. The van der Waals surface area contributed by atoms with Crippen molar-refractivity contribution < 1.29 is 17.6 Å². The molecular weight excluding hydrogens is 401 g/mol. The standard InChI is InChI=1S/C19H16FN3O3S2/c20-15-6-1-4-13(10-15)17-12-27-19(21-17)22-18(24)14-5-2-7-16(11-14)23-8-3-9-28(23,25)26/h1-2,4-7,10-12H,3,8-9H2,(H,21,22,24). The molecule has 1 N–H and O–H groups in total. The number of thiazole rings is 1. The second-order valence-corrected chi connectivity index (χ2v) is 9.17. The summed E-state index contributed by atoms with van der Waals surface area (Å²) in [6, 6.07) is 12.6. The Morgan fingerprint density at radius 2 is 2.00 bits per heavy atom. The zero-order chi connectivity index (χ0) is 19.7. The quantitative estimate of drug-likeness (QED) is 0.701. The number of anilines is 2. The normalized spacial score (nSPS) is 15.5. The number of benzene rings is 2. The van der Waals surface area contributed by atoms with Gasteiger partial charge in [0.1, 0.15) is 5.82 Å². The van der Waals surface area contributed by atoms with Crippen LogP contribution < -0.4 is 9.62 Å². The molecule has 2 heterocycles. The predicted octanol–water partition coefficient (Wildman–Crippen LogP) is 3.74. The number of nitrogens with one attached hydrogen (secondary N) is 1. The lowest BCUT2D eigenvalue weighted by atomic mass is 10.2. The van der Waals surface area contributed by atoms with E-state index in [1.54, 1.807) is 41.8 Å². The van der Waals surface area contributed by atoms with Crippen molar-refractivity contribution in [2.24, 2.45) is 0 Å². The number of carbonyl (C=O) groups is 1. The molecule has 1 fully saturated rings. The minimum atomic E-state index is -3.31. The summed E-state index contributed by atoms with van der Waals surface area (Å²) in [5, 5.41) is 4.82. The molecule has 1 aliphatic rings. The Morgan fingerprint density at radius 3 is 2.75 bits per heavy atom. The summed E-state index contributed by atoms with van der Waals surface area (Å²) in [7, 11) is -3.31. The maximum absolute atomic E-state index is 13.4. The minimum absolute atomic E-state index is 0.116. The molecule has 0 bridgehead atoms. The van der Waals surface area contributed by atoms with Gasteiger partial charge in [0.25, 0.3) is 5.91 Å². The van der Waals surface area contributed by atoms with Crippen molar-refractivity contribution in [3.8, 4) is 11.3 Å². The Morgan fingerprint density at radius 1 is 1.18 bits per heavy atom. The zero-order valence-electron chi connectivity index (χ0n) is 14.6. The molecule has 1 aromatic heterocycles. The Bertz CT molecular complexity index is 1140. The number of aromatic nitrogens is 1. The average molecular weight is 417 g/mol. The third kappa shape index (κ3) is 3.76. The number of carbonyl (C=O) groups excluding carboxylic acids is 1. The highest BCUT2D eigenvalue weighted by atomic mass is 32.2. The number of amides is 1. The van der Waals surface area contributed by atoms with Gasteiger partial charge in [-0.05, 0) is 36.8 Å². The van der Waals surface area contributed by atoms with Gasteiger partial charge in [-0.1, -0.05) is 18.2 Å². The zero-order valence-corrected chi connectivity index (χ0v) is 16.3. The van der Waals surface area contributed by atoms with Gasteiger partial charge in [-0.15, -0.1) is 11.3 Å². The minimum Gasteiger partial charge on any atom is -0.298 e. The van der Waals surface area contributed by atoms with Crippen molar-refractivity contribution >= 4 is 38.1 Å². The maximum atomic E-state index is 13.4. The van der Waals surface area contributed by atoms with Gasteiger partial charge in [-0.25, -0.2) is 17.8 Å². The van der Waals surface area contributed by atoms with Crippen molar-refractivity contribution in [2.75, 3.05) is 21.9 Å². The molecule has 0 spiro atoms. The van der Waals surface area contributed by atoms with Crippen LogP contribution in [-0.4, -0.2) is 31.6 Å². The van der Waals surface area contributed by atoms with Crippen LogP contribution in [0.15, 0.2) is 53.9 Å². The van der Waals surface area contributed by atoms with Crippen molar-refractivity contribution in [1.82, 2.24) is 4.98 Å². The summed E-state index contributed by atoms with van der Waals surface area (Å²) in [4.78, 5) is 16.9. The Kier molecular flexibility index (Phi) is 4.86. The SMILES string of the molecule is O=C(Nc1nc(-c2cccc(F)c2)cs1)c1cccc(N2CCCS2(=O)=O)c1. The monoisotopic (exact) mass is 417 g/mol. The fourth-order valence-corrected chi connectivity index (χ4v) is 5.28. The second-order valence-electron chi connectivity index (χ2n) is 6.29. The first-order valence-corrected chi connectivity index (χ1v) is 11.0. The molecule has 9 heteroatoms. The first kappa shape index (κ1) is 18.6. The largest absolute Gasteiger partial charge is 0.298 e. The highest BCUT2D eigenvalue weighted by Crippen LogP contribution is 2.27. The average Bonchev–Trinajstić information content (AvgIpc) is 3.27. The van der Waals surface area contributed by atoms with Crippen LogP contribution in [0.1, 0.15) is 16.8 Å². The summed E-state index contributed by atoms with van der Waals surface area (Å²) in [5.74, 6) is -0.630. The van der Waals surface area contributed by atoms with E-state index >= 15 is 0 Å². The van der Waals surface area contributed by atoms with Crippen LogP contribution in [0.4, 0.5) is 15.2 Å². The Hall–Kier alpha value is -2.78. The smallest absolute Gasteiger partial charge is 0.257 e. The molecule has 4 rings (SSSR count). The third-order valence-corrected chi connectivity index (χ3v) is 6.97. The number of halogens is 1. The lowest BCUT2D eigenvalue weighted by molar-refractivity contribution is 0.102. The Labute approximate surface area is 165 Å². The van der Waals surface area contributed by atoms with E-state index < -0.39 is 15.9 Å². The van der Waals surface area contributed by atoms with Crippen LogP contribution in [0.25, 0.3) is 11.3 Å². The number of hydrogen-bond acceptors (Lipinski definition) is 5. The van der Waals surface area contributed by atoms with Gasteiger partial charge in [0.2, 0.25) is 10.0 Å². The van der Waals surface area contributed by atoms with E-state index in [0.717, 1.165) is 0 Å². The van der Waals surface area contributed by atoms with E-state index in [2.05, 4.69) is 10.3 Å². The summed E-state index contributed by atoms with van der Waals surface area (Å²) in [6.45, 7) is 0.414. The molecule has 28 heavy (non-hydrogen) atoms. The summed E-state index contributed by atoms with van der Waals surface area (Å²) < 4.78 is 38.9. The highest BCUT2D eigenvalue weighted by molar-refractivity contribution is 7.93. The Balaban J connectivity index is 1.53. The topological polar surface area (TPSA) is 79.4 Å². The van der Waals surface area contributed by atoms with E-state index in [-0.39, 0.29) is 11.6 Å². The third-order valence-electron chi connectivity index (χ3n) is 4.34. The molecule has 0 atom stereocenters. The fraction of sp³-hybridized carbons (Fsp3) is 0.158. The number of hydrogen-bond donors (Lipinski definition) is 1. The van der Waals surface area contributed by atoms with Crippen LogP contribution in [0.5, 0.6) is 0 Å². The van der Waals surface area contributed by atoms with Crippen LogP contribution in [0, 0.1) is 5.82 Å². The number of sulfonamides is 1. The molecule has 1 saturated heterocycles. The second kappa shape index (κ2) is 7.33. The van der Waals surface area contributed by atoms with Gasteiger partial charge < -0.3 is 0 Å². The van der Waals surface area contributed by atoms with E-state index in [0.29, 0.717) is 40.6 Å². The molecule has 0 radical (unpaired) electrons. The highest BCUT2D eigenvalue weighted by Gasteiger charge is 2.28. The fourth-order valence-electron chi connectivity index (χ4n) is 3.01. The molecule has 0 unspecified atom stereocenters. The molecular formula is C19H16FN3O3S2. The van der Waals surface area contributed by atoms with Crippen molar-refractivity contribution in [3.63, 3.8) is 0 Å². The van der Waals surface area contributed by atoms with Gasteiger partial charge in [0.15, 0.2) is 5.13 Å². The van der Waals surface area contributed by atoms with Crippen LogP contribution >= 0.6 is 11.3 Å². The van der Waals surface area contributed by atoms with Crippen molar-refractivity contribution in [2.45, 2.75) is 6.42 Å². The molecule has 0 saturated carbocycles. The molecule has 3 aromatic rings. The first-order chi connectivity index (χ1) is 13.4. The van der Waals surface area contributed by atoms with Crippen molar-refractivity contribution in [1.29, 1.82) is 0 Å². The summed E-state index contributed by atoms with van der Waals surface area (Å²) >= 11 is 1.23. The van der Waals surface area contributed by atoms with Crippen LogP contribution in [-0.2, 0) is 10.0 Å². The van der Waals surface area contributed by atoms with Crippen LogP contribution in [0.2, 0.25) is 0 Å². The lowest BCUT2D eigenvalue weighted by Gasteiger charge is -2.17.